The van der Waals surface area contributed by atoms with Gasteiger partial charge in [0, 0.05) is 12.1 Å². The van der Waals surface area contributed by atoms with Gasteiger partial charge < -0.3 is 5.32 Å². The molecule has 0 aliphatic carbocycles. The molecule has 0 fully saturated rings. The van der Waals surface area contributed by atoms with E-state index in [4.69, 9.17) is 23.2 Å². The highest BCUT2D eigenvalue weighted by molar-refractivity contribution is 7.99. The number of nitrogens with one attached hydrogen (secondary N) is 1. The Morgan fingerprint density at radius 3 is 2.47 bits per heavy atom. The van der Waals surface area contributed by atoms with Crippen molar-refractivity contribution >= 4 is 46.6 Å². The zero-order valence-electron chi connectivity index (χ0n) is 17.3. The van der Waals surface area contributed by atoms with Gasteiger partial charge in [-0.2, -0.15) is 0 Å². The molecule has 0 atom stereocenters. The lowest BCUT2D eigenvalue weighted by atomic mass is 10.1. The Bertz CT molecular complexity index is 1230. The molecule has 0 spiro atoms. The molecule has 4 aromatic rings. The quantitative estimate of drug-likeness (QED) is 0.318. The number of nitrogens with zero attached hydrogens (tertiary/aromatic N) is 3. The van der Waals surface area contributed by atoms with Crippen molar-refractivity contribution in [3.05, 3.63) is 99.8 Å². The van der Waals surface area contributed by atoms with Gasteiger partial charge in [-0.25, -0.2) is 0 Å². The summed E-state index contributed by atoms with van der Waals surface area (Å²) < 4.78 is 2.00. The molecule has 0 radical (unpaired) electrons. The first kappa shape index (κ1) is 22.4. The van der Waals surface area contributed by atoms with E-state index in [0.29, 0.717) is 27.3 Å². The zero-order valence-corrected chi connectivity index (χ0v) is 19.6. The molecule has 0 saturated heterocycles. The van der Waals surface area contributed by atoms with Crippen molar-refractivity contribution in [2.75, 3.05) is 11.1 Å². The van der Waals surface area contributed by atoms with Crippen LogP contribution in [0.5, 0.6) is 0 Å². The predicted octanol–water partition coefficient (Wildman–Crippen LogP) is 6.20. The van der Waals surface area contributed by atoms with Crippen LogP contribution in [-0.4, -0.2) is 26.4 Å². The number of carbonyl (C=O) groups excluding carboxylic acids is 1. The van der Waals surface area contributed by atoms with Crippen LogP contribution in [0.3, 0.4) is 0 Å². The fraction of sp³-hybridized carbons (Fsp3) is 0.125. The minimum atomic E-state index is -0.206. The summed E-state index contributed by atoms with van der Waals surface area (Å²) in [6.45, 7) is 2.04. The van der Waals surface area contributed by atoms with Gasteiger partial charge in [-0.3, -0.25) is 9.36 Å². The Kier molecular flexibility index (Phi) is 7.15. The minimum absolute atomic E-state index is 0.151. The van der Waals surface area contributed by atoms with Gasteiger partial charge in [-0.1, -0.05) is 89.1 Å². The molecule has 0 unspecified atom stereocenters. The summed E-state index contributed by atoms with van der Waals surface area (Å²) in [7, 11) is 0. The van der Waals surface area contributed by atoms with E-state index in [0.717, 1.165) is 17.1 Å². The van der Waals surface area contributed by atoms with Gasteiger partial charge >= 0.3 is 0 Å². The lowest BCUT2D eigenvalue weighted by molar-refractivity contribution is -0.113. The number of thioether (sulfide) groups is 1. The molecule has 5 nitrogen and oxygen atoms in total. The summed E-state index contributed by atoms with van der Waals surface area (Å²) in [6.07, 6.45) is 0.632. The second-order valence-electron chi connectivity index (χ2n) is 7.17. The third kappa shape index (κ3) is 5.33. The molecule has 1 aromatic heterocycles. The van der Waals surface area contributed by atoms with E-state index in [1.165, 1.54) is 17.3 Å². The third-order valence-corrected chi connectivity index (χ3v) is 6.50. The van der Waals surface area contributed by atoms with Crippen LogP contribution in [0.1, 0.15) is 17.0 Å². The van der Waals surface area contributed by atoms with Crippen molar-refractivity contribution in [2.45, 2.75) is 18.5 Å². The molecule has 32 heavy (non-hydrogen) atoms. The molecule has 1 amide bonds. The topological polar surface area (TPSA) is 59.8 Å². The van der Waals surface area contributed by atoms with E-state index >= 15 is 0 Å². The fourth-order valence-corrected chi connectivity index (χ4v) is 4.28. The van der Waals surface area contributed by atoms with Gasteiger partial charge in [0.2, 0.25) is 5.91 Å². The average Bonchev–Trinajstić information content (AvgIpc) is 3.19. The summed E-state index contributed by atoms with van der Waals surface area (Å²) in [5, 5.41) is 12.9. The molecule has 0 bridgehead atoms. The number of amides is 1. The molecule has 0 saturated carbocycles. The molecule has 8 heteroatoms. The Labute approximate surface area is 200 Å². The Morgan fingerprint density at radius 2 is 1.72 bits per heavy atom. The van der Waals surface area contributed by atoms with Gasteiger partial charge in [-0.15, -0.1) is 10.2 Å². The third-order valence-electron chi connectivity index (χ3n) is 4.76. The molecule has 1 N–H and O–H groups in total. The number of benzene rings is 3. The maximum absolute atomic E-state index is 12.5. The number of carbonyl (C=O) groups is 1. The molecule has 0 aliphatic heterocycles. The largest absolute Gasteiger partial charge is 0.324 e. The molecule has 0 aliphatic rings. The van der Waals surface area contributed by atoms with E-state index in [1.807, 2.05) is 54.0 Å². The highest BCUT2D eigenvalue weighted by Gasteiger charge is 2.17. The van der Waals surface area contributed by atoms with Crippen LogP contribution in [0.4, 0.5) is 5.69 Å². The van der Waals surface area contributed by atoms with Gasteiger partial charge in [0.05, 0.1) is 21.5 Å². The number of aryl methyl sites for hydroxylation is 1. The van der Waals surface area contributed by atoms with E-state index in [1.54, 1.807) is 18.2 Å². The lowest BCUT2D eigenvalue weighted by Crippen LogP contribution is -2.15. The zero-order chi connectivity index (χ0) is 22.5. The number of halogens is 2. The summed E-state index contributed by atoms with van der Waals surface area (Å²) >= 11 is 13.5. The van der Waals surface area contributed by atoms with Crippen LogP contribution >= 0.6 is 35.0 Å². The van der Waals surface area contributed by atoms with E-state index in [2.05, 4.69) is 27.6 Å². The Hall–Kier alpha value is -2.80. The Morgan fingerprint density at radius 1 is 0.969 bits per heavy atom. The number of hydrogen-bond acceptors (Lipinski definition) is 4. The van der Waals surface area contributed by atoms with Gasteiger partial charge in [0.15, 0.2) is 5.16 Å². The van der Waals surface area contributed by atoms with E-state index in [9.17, 15) is 4.79 Å². The number of hydrogen-bond donors (Lipinski definition) is 1. The van der Waals surface area contributed by atoms with Crippen LogP contribution in [0.15, 0.2) is 78.0 Å². The first-order valence-electron chi connectivity index (χ1n) is 9.93. The van der Waals surface area contributed by atoms with Crippen LogP contribution in [-0.2, 0) is 11.2 Å². The summed E-state index contributed by atoms with van der Waals surface area (Å²) in [5.74, 6) is 0.751. The standard InChI is InChI=1S/C24H20Cl2N4OS/c1-16-10-12-18(13-11-16)30-21(14-17-6-3-2-4-7-17)28-29-24(30)32-15-22(31)27-20-9-5-8-19(25)23(20)26/h2-13H,14-15H2,1H3,(H,27,31). The second kappa shape index (κ2) is 10.2. The molecular formula is C24H20Cl2N4OS. The molecular weight excluding hydrogens is 463 g/mol. The van der Waals surface area contributed by atoms with Crippen molar-refractivity contribution in [3.63, 3.8) is 0 Å². The van der Waals surface area contributed by atoms with Crippen LogP contribution in [0.2, 0.25) is 10.0 Å². The summed E-state index contributed by atoms with van der Waals surface area (Å²) in [4.78, 5) is 12.5. The van der Waals surface area contributed by atoms with Crippen molar-refractivity contribution in [3.8, 4) is 5.69 Å². The Balaban J connectivity index is 1.55. The monoisotopic (exact) mass is 482 g/mol. The van der Waals surface area contributed by atoms with Crippen LogP contribution < -0.4 is 5.32 Å². The molecule has 162 valence electrons. The lowest BCUT2D eigenvalue weighted by Gasteiger charge is -2.11. The van der Waals surface area contributed by atoms with E-state index in [-0.39, 0.29) is 11.7 Å². The second-order valence-corrected chi connectivity index (χ2v) is 8.90. The van der Waals surface area contributed by atoms with Crippen LogP contribution in [0.25, 0.3) is 5.69 Å². The SMILES string of the molecule is Cc1ccc(-n2c(Cc3ccccc3)nnc2SCC(=O)Nc2cccc(Cl)c2Cl)cc1. The van der Waals surface area contributed by atoms with Crippen molar-refractivity contribution in [2.24, 2.45) is 0 Å². The summed E-state index contributed by atoms with van der Waals surface area (Å²) in [6, 6.07) is 23.4. The highest BCUT2D eigenvalue weighted by atomic mass is 35.5. The molecule has 3 aromatic carbocycles. The van der Waals surface area contributed by atoms with Crippen molar-refractivity contribution in [1.82, 2.24) is 14.8 Å². The molecule has 1 heterocycles. The van der Waals surface area contributed by atoms with Crippen molar-refractivity contribution in [1.29, 1.82) is 0 Å². The van der Waals surface area contributed by atoms with Gasteiger partial charge in [0.1, 0.15) is 5.82 Å². The number of anilines is 1. The van der Waals surface area contributed by atoms with Gasteiger partial charge in [0.25, 0.3) is 0 Å². The predicted molar refractivity (Wildman–Crippen MR) is 131 cm³/mol. The first-order valence-corrected chi connectivity index (χ1v) is 11.7. The smallest absolute Gasteiger partial charge is 0.234 e. The highest BCUT2D eigenvalue weighted by Crippen LogP contribution is 2.30. The first-order chi connectivity index (χ1) is 15.5. The maximum Gasteiger partial charge on any atom is 0.234 e. The number of rotatable bonds is 7. The minimum Gasteiger partial charge on any atom is -0.324 e. The molecule has 4 rings (SSSR count). The van der Waals surface area contributed by atoms with E-state index < -0.39 is 0 Å². The summed E-state index contributed by atoms with van der Waals surface area (Å²) in [5.41, 5.74) is 3.73. The van der Waals surface area contributed by atoms with Crippen LogP contribution in [0, 0.1) is 6.92 Å². The fourth-order valence-electron chi connectivity index (χ4n) is 3.16. The maximum atomic E-state index is 12.5. The average molecular weight is 483 g/mol. The van der Waals surface area contributed by atoms with Crippen molar-refractivity contribution < 1.29 is 4.79 Å². The number of aromatic nitrogens is 3. The van der Waals surface area contributed by atoms with Gasteiger partial charge in [-0.05, 0) is 36.8 Å². The normalized spacial score (nSPS) is 10.8.